The quantitative estimate of drug-likeness (QED) is 0.768. The molecule has 0 saturated carbocycles. The second kappa shape index (κ2) is 7.25. The van der Waals surface area contributed by atoms with Crippen molar-refractivity contribution in [1.29, 1.82) is 0 Å². The third kappa shape index (κ3) is 5.00. The molecule has 0 heterocycles. The van der Waals surface area contributed by atoms with Gasteiger partial charge in [0.1, 0.15) is 0 Å². The van der Waals surface area contributed by atoms with Gasteiger partial charge in [-0.15, -0.1) is 0 Å². The largest absolute Gasteiger partial charge is 0.396 e. The van der Waals surface area contributed by atoms with Gasteiger partial charge in [-0.05, 0) is 37.1 Å². The predicted molar refractivity (Wildman–Crippen MR) is 76.6 cm³/mol. The summed E-state index contributed by atoms with van der Waals surface area (Å²) in [5.74, 6) is -0.00404. The van der Waals surface area contributed by atoms with Gasteiger partial charge in [0.05, 0.1) is 0 Å². The van der Waals surface area contributed by atoms with E-state index in [4.69, 9.17) is 5.11 Å². The summed E-state index contributed by atoms with van der Waals surface area (Å²) in [6.45, 7) is 3.72. The molecule has 0 saturated heterocycles. The Morgan fingerprint density at radius 2 is 1.89 bits per heavy atom. The lowest BCUT2D eigenvalue weighted by Crippen LogP contribution is -2.40. The van der Waals surface area contributed by atoms with Crippen LogP contribution in [0.4, 0.5) is 10.5 Å². The van der Waals surface area contributed by atoms with Crippen LogP contribution in [0.15, 0.2) is 29.2 Å². The van der Waals surface area contributed by atoms with Crippen molar-refractivity contribution in [2.24, 2.45) is 5.92 Å². The van der Waals surface area contributed by atoms with Gasteiger partial charge in [-0.25, -0.2) is 4.79 Å². The lowest BCUT2D eigenvalue weighted by atomic mass is 10.1. The SMILES string of the molecule is CC(CO)C(C)NC(=O)Nc1ccc(S(C)=O)cc1. The summed E-state index contributed by atoms with van der Waals surface area (Å²) < 4.78 is 11.2. The molecule has 3 atom stereocenters. The van der Waals surface area contributed by atoms with Crippen molar-refractivity contribution in [3.63, 3.8) is 0 Å². The fraction of sp³-hybridized carbons (Fsp3) is 0.462. The summed E-state index contributed by atoms with van der Waals surface area (Å²) in [5, 5.41) is 14.4. The Bertz CT molecular complexity index is 448. The van der Waals surface area contributed by atoms with Gasteiger partial charge >= 0.3 is 6.03 Å². The first kappa shape index (κ1) is 15.7. The number of benzene rings is 1. The minimum absolute atomic E-state index is 0.00404. The number of carbonyl (C=O) groups is 1. The molecule has 5 nitrogen and oxygen atoms in total. The van der Waals surface area contributed by atoms with Crippen molar-refractivity contribution in [3.8, 4) is 0 Å². The molecule has 2 amide bonds. The number of amides is 2. The molecule has 0 aromatic heterocycles. The van der Waals surface area contributed by atoms with Crippen LogP contribution in [0.25, 0.3) is 0 Å². The molecule has 0 fully saturated rings. The van der Waals surface area contributed by atoms with Crippen LogP contribution >= 0.6 is 0 Å². The summed E-state index contributed by atoms with van der Waals surface area (Å²) in [4.78, 5) is 12.4. The summed E-state index contributed by atoms with van der Waals surface area (Å²) >= 11 is 0. The van der Waals surface area contributed by atoms with E-state index in [1.54, 1.807) is 30.5 Å². The molecular weight excluding hydrogens is 264 g/mol. The number of hydrogen-bond acceptors (Lipinski definition) is 3. The van der Waals surface area contributed by atoms with Gasteiger partial charge in [0.25, 0.3) is 0 Å². The molecular formula is C13H20N2O3S. The second-order valence-corrected chi connectivity index (χ2v) is 5.91. The molecule has 3 N–H and O–H groups in total. The lowest BCUT2D eigenvalue weighted by molar-refractivity contribution is 0.204. The van der Waals surface area contributed by atoms with Gasteiger partial charge < -0.3 is 15.7 Å². The minimum atomic E-state index is -1.02. The highest BCUT2D eigenvalue weighted by atomic mass is 32.2. The molecule has 0 bridgehead atoms. The molecule has 1 aromatic rings. The van der Waals surface area contributed by atoms with Crippen molar-refractivity contribution >= 4 is 22.5 Å². The zero-order valence-corrected chi connectivity index (χ0v) is 12.2. The Labute approximate surface area is 115 Å². The molecule has 6 heteroatoms. The Morgan fingerprint density at radius 3 is 2.37 bits per heavy atom. The van der Waals surface area contributed by atoms with Crippen LogP contribution in [0.2, 0.25) is 0 Å². The van der Waals surface area contributed by atoms with Gasteiger partial charge in [-0.3, -0.25) is 4.21 Å². The number of aliphatic hydroxyl groups excluding tert-OH is 1. The van der Waals surface area contributed by atoms with Crippen LogP contribution in [0.3, 0.4) is 0 Å². The number of anilines is 1. The van der Waals surface area contributed by atoms with Crippen molar-refractivity contribution in [3.05, 3.63) is 24.3 Å². The van der Waals surface area contributed by atoms with Gasteiger partial charge in [-0.2, -0.15) is 0 Å². The van der Waals surface area contributed by atoms with E-state index in [0.717, 1.165) is 0 Å². The van der Waals surface area contributed by atoms with E-state index < -0.39 is 10.8 Å². The first-order valence-corrected chi connectivity index (χ1v) is 7.61. The number of nitrogens with one attached hydrogen (secondary N) is 2. The van der Waals surface area contributed by atoms with Gasteiger partial charge in [-0.1, -0.05) is 6.92 Å². The fourth-order valence-corrected chi connectivity index (χ4v) is 1.92. The van der Waals surface area contributed by atoms with Crippen molar-refractivity contribution in [1.82, 2.24) is 5.32 Å². The van der Waals surface area contributed by atoms with Crippen LogP contribution < -0.4 is 10.6 Å². The molecule has 0 aliphatic carbocycles. The monoisotopic (exact) mass is 284 g/mol. The lowest BCUT2D eigenvalue weighted by Gasteiger charge is -2.19. The van der Waals surface area contributed by atoms with Crippen molar-refractivity contribution in [2.75, 3.05) is 18.2 Å². The molecule has 0 aliphatic rings. The molecule has 0 spiro atoms. The summed E-state index contributed by atoms with van der Waals surface area (Å²) in [6, 6.07) is 6.40. The highest BCUT2D eigenvalue weighted by Gasteiger charge is 2.13. The van der Waals surface area contributed by atoms with Crippen LogP contribution in [0.5, 0.6) is 0 Å². The Kier molecular flexibility index (Phi) is 5.98. The molecule has 0 radical (unpaired) electrons. The van der Waals surface area contributed by atoms with E-state index >= 15 is 0 Å². The number of hydrogen-bond donors (Lipinski definition) is 3. The first-order valence-electron chi connectivity index (χ1n) is 6.06. The minimum Gasteiger partial charge on any atom is -0.396 e. The zero-order valence-electron chi connectivity index (χ0n) is 11.3. The number of urea groups is 1. The number of aliphatic hydroxyl groups is 1. The smallest absolute Gasteiger partial charge is 0.319 e. The first-order chi connectivity index (χ1) is 8.93. The van der Waals surface area contributed by atoms with Crippen LogP contribution in [-0.2, 0) is 10.8 Å². The van der Waals surface area contributed by atoms with E-state index in [1.807, 2.05) is 13.8 Å². The maximum atomic E-state index is 11.7. The third-order valence-electron chi connectivity index (χ3n) is 2.94. The van der Waals surface area contributed by atoms with E-state index in [1.165, 1.54) is 0 Å². The molecule has 3 unspecified atom stereocenters. The molecule has 106 valence electrons. The highest BCUT2D eigenvalue weighted by Crippen LogP contribution is 2.12. The molecule has 1 aromatic carbocycles. The highest BCUT2D eigenvalue weighted by molar-refractivity contribution is 7.84. The maximum Gasteiger partial charge on any atom is 0.319 e. The predicted octanol–water partition coefficient (Wildman–Crippen LogP) is 1.56. The second-order valence-electron chi connectivity index (χ2n) is 4.53. The summed E-state index contributed by atoms with van der Waals surface area (Å²) in [5.41, 5.74) is 0.635. The van der Waals surface area contributed by atoms with Crippen LogP contribution in [0.1, 0.15) is 13.8 Å². The zero-order chi connectivity index (χ0) is 14.4. The normalized spacial score (nSPS) is 15.4. The van der Waals surface area contributed by atoms with Gasteiger partial charge in [0.2, 0.25) is 0 Å². The topological polar surface area (TPSA) is 78.4 Å². The van der Waals surface area contributed by atoms with E-state index in [0.29, 0.717) is 10.6 Å². The van der Waals surface area contributed by atoms with Gasteiger partial charge in [0.15, 0.2) is 0 Å². The van der Waals surface area contributed by atoms with E-state index in [2.05, 4.69) is 10.6 Å². The fourth-order valence-electron chi connectivity index (χ4n) is 1.40. The Hall–Kier alpha value is -1.40. The molecule has 0 aliphatic heterocycles. The third-order valence-corrected chi connectivity index (χ3v) is 3.88. The number of carbonyl (C=O) groups excluding carboxylic acids is 1. The Balaban J connectivity index is 2.55. The average molecular weight is 284 g/mol. The summed E-state index contributed by atoms with van der Waals surface area (Å²) in [6.07, 6.45) is 1.60. The van der Waals surface area contributed by atoms with E-state index in [-0.39, 0.29) is 24.6 Å². The van der Waals surface area contributed by atoms with Crippen molar-refractivity contribution in [2.45, 2.75) is 24.8 Å². The molecule has 19 heavy (non-hydrogen) atoms. The standard InChI is InChI=1S/C13H20N2O3S/c1-9(8-16)10(2)14-13(17)15-11-4-6-12(7-5-11)19(3)18/h4-7,9-10,16H,8H2,1-3H3,(H2,14,15,17). The Morgan fingerprint density at radius 1 is 1.32 bits per heavy atom. The molecule has 1 rings (SSSR count). The number of rotatable bonds is 5. The van der Waals surface area contributed by atoms with Crippen molar-refractivity contribution < 1.29 is 14.1 Å². The van der Waals surface area contributed by atoms with E-state index in [9.17, 15) is 9.00 Å². The van der Waals surface area contributed by atoms with Gasteiger partial charge in [0, 0.05) is 40.3 Å². The van der Waals surface area contributed by atoms with Crippen LogP contribution in [0, 0.1) is 5.92 Å². The maximum absolute atomic E-state index is 11.7. The summed E-state index contributed by atoms with van der Waals surface area (Å²) in [7, 11) is -1.02. The van der Waals surface area contributed by atoms with Crippen LogP contribution in [-0.4, -0.2) is 34.3 Å². The average Bonchev–Trinajstić information content (AvgIpc) is 2.38.